The van der Waals surface area contributed by atoms with E-state index in [1.54, 1.807) is 64.4 Å². The molecule has 0 saturated carbocycles. The average molecular weight is 523 g/mol. The predicted octanol–water partition coefficient (Wildman–Crippen LogP) is 8.64. The molecule has 2 amide bonds. The van der Waals surface area contributed by atoms with E-state index in [1.807, 2.05) is 13.8 Å². The molecule has 0 unspecified atom stereocenters. The van der Waals surface area contributed by atoms with Crippen molar-refractivity contribution in [2.45, 2.75) is 44.6 Å². The predicted molar refractivity (Wildman–Crippen MR) is 132 cm³/mol. The SMILES string of the molecule is CCC[C@]1(C)[C@@H](c2cccc(OC(F)(F)F)c2)N(c2ccc(Cl)cc2)C(=O)N1c1ccc(Cl)cc1. The largest absolute Gasteiger partial charge is 0.573 e. The Labute approximate surface area is 211 Å². The Morgan fingerprint density at radius 3 is 2.06 bits per heavy atom. The number of carbonyl (C=O) groups excluding carboxylic acids is 1. The molecule has 1 aliphatic rings. The quantitative estimate of drug-likeness (QED) is 0.324. The van der Waals surface area contributed by atoms with Crippen LogP contribution in [0.1, 0.15) is 38.3 Å². The normalized spacial score (nSPS) is 20.4. The lowest BCUT2D eigenvalue weighted by atomic mass is 9.82. The maximum atomic E-state index is 14.0. The summed E-state index contributed by atoms with van der Waals surface area (Å²) in [5, 5.41) is 1.03. The molecule has 0 N–H and O–H groups in total. The van der Waals surface area contributed by atoms with Crippen molar-refractivity contribution in [2.24, 2.45) is 0 Å². The maximum Gasteiger partial charge on any atom is 0.573 e. The van der Waals surface area contributed by atoms with Gasteiger partial charge in [0, 0.05) is 21.4 Å². The van der Waals surface area contributed by atoms with E-state index in [9.17, 15) is 18.0 Å². The second-order valence-corrected chi connectivity index (χ2v) is 9.44. The number of anilines is 2. The van der Waals surface area contributed by atoms with Crippen LogP contribution in [0.2, 0.25) is 10.0 Å². The summed E-state index contributed by atoms with van der Waals surface area (Å²) >= 11 is 12.2. The van der Waals surface area contributed by atoms with Gasteiger partial charge in [-0.25, -0.2) is 4.79 Å². The lowest BCUT2D eigenvalue weighted by Crippen LogP contribution is -2.46. The van der Waals surface area contributed by atoms with Gasteiger partial charge in [-0.3, -0.25) is 9.80 Å². The van der Waals surface area contributed by atoms with Gasteiger partial charge in [-0.1, -0.05) is 48.7 Å². The molecule has 184 valence electrons. The summed E-state index contributed by atoms with van der Waals surface area (Å²) in [7, 11) is 0. The standard InChI is InChI=1S/C26H23Cl2F3N2O2/c1-3-15-25(2)23(17-5-4-6-22(16-17)35-26(29,30)31)32(20-11-7-18(27)8-12-20)24(34)33(25)21-13-9-19(28)10-14-21/h4-14,16,23H,3,15H2,1-2H3/t23-,25-/m1/s1. The van der Waals surface area contributed by atoms with Crippen molar-refractivity contribution in [2.75, 3.05) is 9.80 Å². The number of benzene rings is 3. The zero-order chi connectivity index (χ0) is 25.4. The van der Waals surface area contributed by atoms with Crippen molar-refractivity contribution in [3.63, 3.8) is 0 Å². The summed E-state index contributed by atoms with van der Waals surface area (Å²) in [5.74, 6) is -0.345. The molecule has 0 aromatic heterocycles. The van der Waals surface area contributed by atoms with Crippen LogP contribution in [0.4, 0.5) is 29.3 Å². The van der Waals surface area contributed by atoms with Crippen LogP contribution in [0, 0.1) is 0 Å². The Bertz CT molecular complexity index is 1200. The van der Waals surface area contributed by atoms with Gasteiger partial charge in [-0.05, 0) is 79.6 Å². The first-order valence-electron chi connectivity index (χ1n) is 11.0. The number of carbonyl (C=O) groups is 1. The summed E-state index contributed by atoms with van der Waals surface area (Å²) < 4.78 is 43.1. The highest BCUT2D eigenvalue weighted by Gasteiger charge is 2.55. The summed E-state index contributed by atoms with van der Waals surface area (Å²) in [4.78, 5) is 17.3. The highest BCUT2D eigenvalue weighted by molar-refractivity contribution is 6.31. The van der Waals surface area contributed by atoms with Crippen molar-refractivity contribution >= 4 is 40.6 Å². The van der Waals surface area contributed by atoms with Crippen LogP contribution < -0.4 is 14.5 Å². The van der Waals surface area contributed by atoms with Gasteiger partial charge in [0.05, 0.1) is 11.6 Å². The van der Waals surface area contributed by atoms with Crippen LogP contribution >= 0.6 is 23.2 Å². The lowest BCUT2D eigenvalue weighted by Gasteiger charge is -2.39. The summed E-state index contributed by atoms with van der Waals surface area (Å²) in [5.41, 5.74) is 0.920. The van der Waals surface area contributed by atoms with E-state index in [0.29, 0.717) is 33.4 Å². The van der Waals surface area contributed by atoms with E-state index in [0.717, 1.165) is 6.42 Å². The van der Waals surface area contributed by atoms with E-state index in [4.69, 9.17) is 23.2 Å². The first kappa shape index (κ1) is 25.2. The Balaban J connectivity index is 1.91. The minimum absolute atomic E-state index is 0.308. The molecular weight excluding hydrogens is 500 g/mol. The molecule has 2 atom stereocenters. The number of hydrogen-bond acceptors (Lipinski definition) is 2. The molecule has 9 heteroatoms. The first-order valence-corrected chi connectivity index (χ1v) is 11.8. The molecule has 3 aromatic carbocycles. The third-order valence-corrected chi connectivity index (χ3v) is 6.61. The van der Waals surface area contributed by atoms with Gasteiger partial charge in [0.15, 0.2) is 0 Å². The maximum absolute atomic E-state index is 14.0. The zero-order valence-corrected chi connectivity index (χ0v) is 20.5. The van der Waals surface area contributed by atoms with Gasteiger partial charge >= 0.3 is 12.4 Å². The van der Waals surface area contributed by atoms with Gasteiger partial charge in [-0.2, -0.15) is 0 Å². The van der Waals surface area contributed by atoms with E-state index in [-0.39, 0.29) is 11.8 Å². The second-order valence-electron chi connectivity index (χ2n) is 8.57. The topological polar surface area (TPSA) is 32.8 Å². The molecule has 1 aliphatic heterocycles. The molecule has 1 fully saturated rings. The van der Waals surface area contributed by atoms with E-state index in [1.165, 1.54) is 18.2 Å². The molecule has 0 radical (unpaired) electrons. The van der Waals surface area contributed by atoms with Gasteiger partial charge in [0.1, 0.15) is 5.75 Å². The molecule has 1 heterocycles. The van der Waals surface area contributed by atoms with Crippen molar-refractivity contribution in [3.8, 4) is 5.75 Å². The molecule has 0 spiro atoms. The van der Waals surface area contributed by atoms with E-state index >= 15 is 0 Å². The molecule has 1 saturated heterocycles. The fraction of sp³-hybridized carbons (Fsp3) is 0.269. The molecular formula is C26H23Cl2F3N2O2. The molecule has 35 heavy (non-hydrogen) atoms. The second kappa shape index (κ2) is 9.63. The lowest BCUT2D eigenvalue weighted by molar-refractivity contribution is -0.274. The third-order valence-electron chi connectivity index (χ3n) is 6.11. The monoisotopic (exact) mass is 522 g/mol. The Kier molecular flexibility index (Phi) is 6.93. The van der Waals surface area contributed by atoms with E-state index < -0.39 is 17.9 Å². The van der Waals surface area contributed by atoms with Gasteiger partial charge in [0.25, 0.3) is 0 Å². The molecule has 3 aromatic rings. The van der Waals surface area contributed by atoms with Gasteiger partial charge in [-0.15, -0.1) is 13.2 Å². The number of alkyl halides is 3. The van der Waals surface area contributed by atoms with Crippen LogP contribution in [-0.4, -0.2) is 17.9 Å². The van der Waals surface area contributed by atoms with Crippen LogP contribution in [0.3, 0.4) is 0 Å². The number of amides is 2. The summed E-state index contributed by atoms with van der Waals surface area (Å²) in [6, 6.07) is 18.6. The highest BCUT2D eigenvalue weighted by Crippen LogP contribution is 2.50. The smallest absolute Gasteiger partial charge is 0.406 e. The Morgan fingerprint density at radius 2 is 1.51 bits per heavy atom. The zero-order valence-electron chi connectivity index (χ0n) is 19.0. The van der Waals surface area contributed by atoms with Crippen LogP contribution in [0.25, 0.3) is 0 Å². The van der Waals surface area contributed by atoms with Crippen LogP contribution in [-0.2, 0) is 0 Å². The van der Waals surface area contributed by atoms with Crippen molar-refractivity contribution in [3.05, 3.63) is 88.4 Å². The summed E-state index contributed by atoms with van der Waals surface area (Å²) in [6.45, 7) is 3.95. The van der Waals surface area contributed by atoms with Crippen molar-refractivity contribution < 1.29 is 22.7 Å². The van der Waals surface area contributed by atoms with Crippen molar-refractivity contribution in [1.29, 1.82) is 0 Å². The number of rotatable bonds is 6. The number of nitrogens with zero attached hydrogens (tertiary/aromatic N) is 2. The first-order chi connectivity index (χ1) is 16.5. The number of hydrogen-bond donors (Lipinski definition) is 0. The minimum atomic E-state index is -4.83. The van der Waals surface area contributed by atoms with E-state index in [2.05, 4.69) is 4.74 Å². The molecule has 0 aliphatic carbocycles. The summed E-state index contributed by atoms with van der Waals surface area (Å²) in [6.07, 6.45) is -3.51. The fourth-order valence-corrected chi connectivity index (χ4v) is 5.09. The fourth-order valence-electron chi connectivity index (χ4n) is 4.84. The Hall–Kier alpha value is -2.90. The number of urea groups is 1. The molecule has 0 bridgehead atoms. The number of ether oxygens (including phenoxy) is 1. The minimum Gasteiger partial charge on any atom is -0.406 e. The molecule has 4 nitrogen and oxygen atoms in total. The highest BCUT2D eigenvalue weighted by atomic mass is 35.5. The van der Waals surface area contributed by atoms with Crippen LogP contribution in [0.15, 0.2) is 72.8 Å². The van der Waals surface area contributed by atoms with Crippen molar-refractivity contribution in [1.82, 2.24) is 0 Å². The Morgan fingerprint density at radius 1 is 0.943 bits per heavy atom. The van der Waals surface area contributed by atoms with Gasteiger partial charge < -0.3 is 4.74 Å². The average Bonchev–Trinajstić information content (AvgIpc) is 3.01. The number of halogens is 5. The van der Waals surface area contributed by atoms with Gasteiger partial charge in [0.2, 0.25) is 0 Å². The van der Waals surface area contributed by atoms with Crippen LogP contribution in [0.5, 0.6) is 5.75 Å². The molecule has 4 rings (SSSR count). The third kappa shape index (κ3) is 5.07.